The minimum absolute atomic E-state index is 0.413. The highest BCUT2D eigenvalue weighted by atomic mass is 35.5. The minimum atomic E-state index is -1.09. The molecule has 0 aliphatic carbocycles. The largest absolute Gasteiger partial charge is 0.436 e. The van der Waals surface area contributed by atoms with Gasteiger partial charge in [-0.15, -0.1) is 11.6 Å². The molecule has 0 amide bonds. The predicted molar refractivity (Wildman–Crippen MR) is 55.5 cm³/mol. The molecule has 2 N–H and O–H groups in total. The fourth-order valence-electron chi connectivity index (χ4n) is 1.72. The van der Waals surface area contributed by atoms with Gasteiger partial charge >= 0.3 is 5.95 Å². The maximum Gasteiger partial charge on any atom is 0.436 e. The van der Waals surface area contributed by atoms with Crippen LogP contribution in [0, 0.1) is 10.1 Å². The van der Waals surface area contributed by atoms with E-state index in [0.29, 0.717) is 0 Å². The van der Waals surface area contributed by atoms with Gasteiger partial charge in [-0.3, -0.25) is 0 Å². The van der Waals surface area contributed by atoms with E-state index in [1.54, 1.807) is 0 Å². The minimum Gasteiger partial charge on any atom is -0.394 e. The molecular formula is C8H10ClN3O5. The van der Waals surface area contributed by atoms with E-state index in [1.165, 1.54) is 12.4 Å². The molecule has 2 rings (SSSR count). The van der Waals surface area contributed by atoms with Gasteiger partial charge in [-0.2, -0.15) is 0 Å². The molecule has 0 bridgehead atoms. The second-order valence-corrected chi connectivity index (χ2v) is 4.08. The van der Waals surface area contributed by atoms with Crippen molar-refractivity contribution in [3.05, 3.63) is 22.5 Å². The average Bonchev–Trinajstić information content (AvgIpc) is 2.86. The van der Waals surface area contributed by atoms with Crippen LogP contribution in [0.15, 0.2) is 12.4 Å². The first-order valence-electron chi connectivity index (χ1n) is 4.82. The number of halogens is 1. The van der Waals surface area contributed by atoms with Crippen molar-refractivity contribution in [2.45, 2.75) is 23.8 Å². The lowest BCUT2D eigenvalue weighted by molar-refractivity contribution is -0.398. The average molecular weight is 264 g/mol. The summed E-state index contributed by atoms with van der Waals surface area (Å²) in [4.78, 5) is 13.6. The molecule has 2 heterocycles. The number of rotatable bonds is 3. The lowest BCUT2D eigenvalue weighted by Crippen LogP contribution is -2.30. The van der Waals surface area contributed by atoms with Crippen molar-refractivity contribution >= 4 is 17.5 Å². The summed E-state index contributed by atoms with van der Waals surface area (Å²) in [7, 11) is 0. The molecular weight excluding hydrogens is 254 g/mol. The van der Waals surface area contributed by atoms with Crippen molar-refractivity contribution in [3.63, 3.8) is 0 Å². The molecule has 0 saturated carbocycles. The molecule has 0 radical (unpaired) electrons. The van der Waals surface area contributed by atoms with Gasteiger partial charge in [0.1, 0.15) is 30.0 Å². The highest BCUT2D eigenvalue weighted by Gasteiger charge is 2.46. The molecule has 8 nitrogen and oxygen atoms in total. The molecule has 17 heavy (non-hydrogen) atoms. The van der Waals surface area contributed by atoms with Crippen LogP contribution in [-0.4, -0.2) is 48.9 Å². The van der Waals surface area contributed by atoms with E-state index in [1.807, 2.05) is 0 Å². The van der Waals surface area contributed by atoms with E-state index in [0.717, 1.165) is 4.57 Å². The summed E-state index contributed by atoms with van der Waals surface area (Å²) < 4.78 is 6.38. The Morgan fingerprint density at radius 3 is 2.94 bits per heavy atom. The molecule has 0 spiro atoms. The normalized spacial score (nSPS) is 32.9. The number of nitrogens with zero attached hydrogens (tertiary/aromatic N) is 3. The number of hydrogen-bond acceptors (Lipinski definition) is 6. The van der Waals surface area contributed by atoms with Crippen molar-refractivity contribution in [1.82, 2.24) is 9.55 Å². The van der Waals surface area contributed by atoms with Crippen molar-refractivity contribution in [2.75, 3.05) is 6.61 Å². The first-order valence-corrected chi connectivity index (χ1v) is 5.25. The van der Waals surface area contributed by atoms with Crippen LogP contribution in [0.1, 0.15) is 6.23 Å². The molecule has 1 aromatic rings. The zero-order chi connectivity index (χ0) is 12.6. The maximum atomic E-state index is 10.7. The van der Waals surface area contributed by atoms with Crippen molar-refractivity contribution in [1.29, 1.82) is 0 Å². The van der Waals surface area contributed by atoms with Crippen LogP contribution < -0.4 is 0 Å². The Morgan fingerprint density at radius 1 is 1.71 bits per heavy atom. The van der Waals surface area contributed by atoms with E-state index < -0.39 is 41.3 Å². The van der Waals surface area contributed by atoms with Crippen LogP contribution in [-0.2, 0) is 4.74 Å². The SMILES string of the molecule is O=[N+]([O-])c1nccn1[C@@H]1OC(CO)[C@@H](O)[C@@H]1Cl. The Hall–Kier alpha value is -1.22. The van der Waals surface area contributed by atoms with Gasteiger partial charge in [0.05, 0.1) is 6.61 Å². The standard InChI is InChI=1S/C8H10ClN3O5/c9-5-6(14)4(3-13)17-7(5)11-2-1-10-8(11)12(15)16/h1-2,4-7,13-14H,3H2/t4?,5-,6+,7+/m0/s1. The highest BCUT2D eigenvalue weighted by molar-refractivity contribution is 6.21. The Morgan fingerprint density at radius 2 is 2.41 bits per heavy atom. The van der Waals surface area contributed by atoms with Crippen LogP contribution in [0.2, 0.25) is 0 Å². The molecule has 1 aliphatic rings. The summed E-state index contributed by atoms with van der Waals surface area (Å²) in [5, 5.41) is 28.4. The van der Waals surface area contributed by atoms with Crippen LogP contribution in [0.3, 0.4) is 0 Å². The lowest BCUT2D eigenvalue weighted by atomic mass is 10.2. The highest BCUT2D eigenvalue weighted by Crippen LogP contribution is 2.35. The quantitative estimate of drug-likeness (QED) is 0.438. The maximum absolute atomic E-state index is 10.7. The number of aromatic nitrogens is 2. The lowest BCUT2D eigenvalue weighted by Gasteiger charge is -2.12. The second kappa shape index (κ2) is 4.57. The number of imidazole rings is 1. The Labute approximate surface area is 101 Å². The summed E-state index contributed by atoms with van der Waals surface area (Å²) in [5.74, 6) is -0.425. The number of aliphatic hydroxyl groups excluding tert-OH is 2. The van der Waals surface area contributed by atoms with Gasteiger partial charge in [0.2, 0.25) is 6.23 Å². The molecule has 1 fully saturated rings. The third-order valence-corrected chi connectivity index (χ3v) is 3.03. The smallest absolute Gasteiger partial charge is 0.394 e. The van der Waals surface area contributed by atoms with E-state index in [2.05, 4.69) is 4.98 Å². The zero-order valence-corrected chi connectivity index (χ0v) is 9.27. The molecule has 1 aromatic heterocycles. The fourth-order valence-corrected chi connectivity index (χ4v) is 2.07. The van der Waals surface area contributed by atoms with E-state index in [4.69, 9.17) is 21.4 Å². The Bertz CT molecular complexity index is 425. The Kier molecular flexibility index (Phi) is 3.29. The van der Waals surface area contributed by atoms with Gasteiger partial charge in [-0.1, -0.05) is 4.98 Å². The summed E-state index contributed by atoms with van der Waals surface area (Å²) >= 11 is 5.91. The summed E-state index contributed by atoms with van der Waals surface area (Å²) in [6.07, 6.45) is -0.293. The van der Waals surface area contributed by atoms with Crippen molar-refractivity contribution in [3.8, 4) is 0 Å². The number of nitro groups is 1. The van der Waals surface area contributed by atoms with Crippen molar-refractivity contribution in [2.24, 2.45) is 0 Å². The number of ether oxygens (including phenoxy) is 1. The third kappa shape index (κ3) is 2.00. The second-order valence-electron chi connectivity index (χ2n) is 3.57. The summed E-state index contributed by atoms with van der Waals surface area (Å²) in [6, 6.07) is 0. The monoisotopic (exact) mass is 263 g/mol. The molecule has 9 heteroatoms. The number of alkyl halides is 1. The third-order valence-electron chi connectivity index (χ3n) is 2.56. The zero-order valence-electron chi connectivity index (χ0n) is 8.51. The van der Waals surface area contributed by atoms with Gasteiger partial charge in [0.25, 0.3) is 0 Å². The molecule has 0 aromatic carbocycles. The molecule has 1 unspecified atom stereocenters. The van der Waals surface area contributed by atoms with Gasteiger partial charge in [-0.05, 0) is 4.92 Å². The van der Waals surface area contributed by atoms with Crippen LogP contribution >= 0.6 is 11.6 Å². The predicted octanol–water partition coefficient (Wildman–Crippen LogP) is -0.351. The van der Waals surface area contributed by atoms with Gasteiger partial charge in [0, 0.05) is 0 Å². The van der Waals surface area contributed by atoms with Crippen molar-refractivity contribution < 1.29 is 19.9 Å². The molecule has 1 aliphatic heterocycles. The topological polar surface area (TPSA) is 111 Å². The fraction of sp³-hybridized carbons (Fsp3) is 0.625. The molecule has 1 saturated heterocycles. The first kappa shape index (κ1) is 12.2. The van der Waals surface area contributed by atoms with E-state index in [-0.39, 0.29) is 0 Å². The first-order chi connectivity index (χ1) is 8.06. The van der Waals surface area contributed by atoms with E-state index >= 15 is 0 Å². The number of hydrogen-bond donors (Lipinski definition) is 2. The van der Waals surface area contributed by atoms with Crippen LogP contribution in [0.5, 0.6) is 0 Å². The summed E-state index contributed by atoms with van der Waals surface area (Å²) in [6.45, 7) is -0.413. The van der Waals surface area contributed by atoms with Gasteiger partial charge in [-0.25, -0.2) is 4.57 Å². The number of aliphatic hydroxyl groups is 2. The van der Waals surface area contributed by atoms with Crippen LogP contribution in [0.4, 0.5) is 5.95 Å². The van der Waals surface area contributed by atoms with Crippen LogP contribution in [0.25, 0.3) is 0 Å². The molecule has 4 atom stereocenters. The Balaban J connectivity index is 2.29. The van der Waals surface area contributed by atoms with E-state index in [9.17, 15) is 15.2 Å². The van der Waals surface area contributed by atoms with Gasteiger partial charge < -0.3 is 25.1 Å². The summed E-state index contributed by atoms with van der Waals surface area (Å²) in [5.41, 5.74) is 0. The van der Waals surface area contributed by atoms with Gasteiger partial charge in [0.15, 0.2) is 0 Å². The molecule has 94 valence electrons.